The summed E-state index contributed by atoms with van der Waals surface area (Å²) in [5.74, 6) is -1.71. The molecule has 0 unspecified atom stereocenters. The molecule has 0 bridgehead atoms. The second-order valence-corrected chi connectivity index (χ2v) is 4.94. The van der Waals surface area contributed by atoms with Crippen molar-refractivity contribution in [2.45, 2.75) is 6.42 Å². The quantitative estimate of drug-likeness (QED) is 0.590. The van der Waals surface area contributed by atoms with E-state index in [2.05, 4.69) is 14.7 Å². The highest BCUT2D eigenvalue weighted by atomic mass is 16.6. The van der Waals surface area contributed by atoms with Gasteiger partial charge >= 0.3 is 17.9 Å². The summed E-state index contributed by atoms with van der Waals surface area (Å²) >= 11 is 0. The van der Waals surface area contributed by atoms with Gasteiger partial charge in [-0.25, -0.2) is 19.6 Å². The van der Waals surface area contributed by atoms with Gasteiger partial charge in [-0.3, -0.25) is 4.79 Å². The summed E-state index contributed by atoms with van der Waals surface area (Å²) in [6.07, 6.45) is 2.78. The van der Waals surface area contributed by atoms with Crippen molar-refractivity contribution in [2.24, 2.45) is 0 Å². The van der Waals surface area contributed by atoms with Gasteiger partial charge in [-0.05, 0) is 5.56 Å². The van der Waals surface area contributed by atoms with E-state index in [-0.39, 0.29) is 23.6 Å². The molecule has 3 heterocycles. The largest absolute Gasteiger partial charge is 0.481 e. The first kappa shape index (κ1) is 18.6. The van der Waals surface area contributed by atoms with E-state index in [9.17, 15) is 14.4 Å². The number of carboxylic acid groups (broad SMARTS) is 1. The van der Waals surface area contributed by atoms with E-state index in [1.54, 1.807) is 0 Å². The van der Waals surface area contributed by atoms with Gasteiger partial charge in [0.2, 0.25) is 11.8 Å². The number of anilines is 1. The third-order valence-electron chi connectivity index (χ3n) is 3.28. The van der Waals surface area contributed by atoms with E-state index < -0.39 is 17.9 Å². The van der Waals surface area contributed by atoms with Gasteiger partial charge in [0.1, 0.15) is 0 Å². The second-order valence-electron chi connectivity index (χ2n) is 4.94. The van der Waals surface area contributed by atoms with Crippen LogP contribution in [0, 0.1) is 0 Å². The van der Waals surface area contributed by atoms with Crippen LogP contribution in [0.5, 0.6) is 11.8 Å². The van der Waals surface area contributed by atoms with Crippen molar-refractivity contribution in [3.05, 3.63) is 41.2 Å². The number of carbonyl (C=O) groups excluding carboxylic acids is 2. The molecule has 0 fully saturated rings. The Labute approximate surface area is 147 Å². The number of nitrogen functional groups attached to an aromatic ring is 1. The number of rotatable bonds is 3. The zero-order valence-corrected chi connectivity index (χ0v) is 13.9. The molecule has 0 spiro atoms. The standard InChI is InChI=1S/C9H7NO4.C7H8N2O3/c1-13-7-3-6-5(4-10-7)2-8(11)14-9(6)12;1-12-6-2-4(7(10)11)5(8)3-9-6/h3-4H,2H2,1H3;2-3H,8H2,1H3,(H,10,11). The van der Waals surface area contributed by atoms with Crippen LogP contribution in [0.3, 0.4) is 0 Å². The van der Waals surface area contributed by atoms with Crippen LogP contribution in [-0.4, -0.2) is 47.2 Å². The number of aromatic nitrogens is 2. The summed E-state index contributed by atoms with van der Waals surface area (Å²) in [7, 11) is 2.86. The number of ether oxygens (including phenoxy) is 3. The van der Waals surface area contributed by atoms with Crippen molar-refractivity contribution < 1.29 is 33.7 Å². The van der Waals surface area contributed by atoms with E-state index in [4.69, 9.17) is 20.3 Å². The third kappa shape index (κ3) is 4.23. The van der Waals surface area contributed by atoms with Gasteiger partial charge in [-0.1, -0.05) is 0 Å². The molecule has 1 aliphatic rings. The molecular formula is C16H15N3O7. The lowest BCUT2D eigenvalue weighted by molar-refractivity contribution is -0.137. The monoisotopic (exact) mass is 361 g/mol. The predicted octanol–water partition coefficient (Wildman–Crippen LogP) is 0.700. The molecular weight excluding hydrogens is 346 g/mol. The average molecular weight is 361 g/mol. The number of hydrogen-bond donors (Lipinski definition) is 2. The highest BCUT2D eigenvalue weighted by Crippen LogP contribution is 2.20. The molecule has 0 saturated carbocycles. The molecule has 0 aliphatic carbocycles. The number of hydrogen-bond acceptors (Lipinski definition) is 9. The van der Waals surface area contributed by atoms with Gasteiger partial charge in [0.15, 0.2) is 0 Å². The van der Waals surface area contributed by atoms with E-state index in [0.29, 0.717) is 17.0 Å². The third-order valence-corrected chi connectivity index (χ3v) is 3.28. The lowest BCUT2D eigenvalue weighted by Gasteiger charge is -2.13. The molecule has 0 saturated heterocycles. The van der Waals surface area contributed by atoms with Gasteiger partial charge in [0.25, 0.3) is 0 Å². The van der Waals surface area contributed by atoms with Crippen molar-refractivity contribution in [1.29, 1.82) is 0 Å². The number of cyclic esters (lactones) is 2. The first-order valence-electron chi connectivity index (χ1n) is 7.16. The van der Waals surface area contributed by atoms with Crippen LogP contribution in [0.25, 0.3) is 0 Å². The molecule has 0 amide bonds. The summed E-state index contributed by atoms with van der Waals surface area (Å²) in [6, 6.07) is 2.74. The Morgan fingerprint density at radius 2 is 1.77 bits per heavy atom. The normalized spacial score (nSPS) is 12.2. The van der Waals surface area contributed by atoms with Crippen LogP contribution in [0.2, 0.25) is 0 Å². The molecule has 3 rings (SSSR count). The minimum atomic E-state index is -1.09. The Bertz CT molecular complexity index is 867. The topological polar surface area (TPSA) is 151 Å². The van der Waals surface area contributed by atoms with Crippen LogP contribution >= 0.6 is 0 Å². The predicted molar refractivity (Wildman–Crippen MR) is 87.1 cm³/mol. The van der Waals surface area contributed by atoms with Crippen molar-refractivity contribution in [1.82, 2.24) is 9.97 Å². The van der Waals surface area contributed by atoms with Crippen LogP contribution < -0.4 is 15.2 Å². The molecule has 136 valence electrons. The Morgan fingerprint density at radius 3 is 2.38 bits per heavy atom. The van der Waals surface area contributed by atoms with Crippen molar-refractivity contribution in [3.63, 3.8) is 0 Å². The Morgan fingerprint density at radius 1 is 1.15 bits per heavy atom. The fourth-order valence-electron chi connectivity index (χ4n) is 2.00. The summed E-state index contributed by atoms with van der Waals surface area (Å²) in [4.78, 5) is 40.3. The number of carbonyl (C=O) groups is 3. The summed E-state index contributed by atoms with van der Waals surface area (Å²) in [5, 5.41) is 8.62. The smallest absolute Gasteiger partial charge is 0.346 e. The molecule has 3 N–H and O–H groups in total. The minimum Gasteiger partial charge on any atom is -0.481 e. The highest BCUT2D eigenvalue weighted by molar-refractivity contribution is 6.02. The zero-order chi connectivity index (χ0) is 19.3. The molecule has 26 heavy (non-hydrogen) atoms. The fourth-order valence-corrected chi connectivity index (χ4v) is 2.00. The molecule has 0 aromatic carbocycles. The number of esters is 2. The number of aromatic carboxylic acids is 1. The molecule has 10 nitrogen and oxygen atoms in total. The molecule has 0 radical (unpaired) electrons. The zero-order valence-electron chi connectivity index (χ0n) is 13.9. The molecule has 2 aromatic rings. The van der Waals surface area contributed by atoms with Crippen LogP contribution in [-0.2, 0) is 16.0 Å². The van der Waals surface area contributed by atoms with Crippen LogP contribution in [0.15, 0.2) is 24.5 Å². The van der Waals surface area contributed by atoms with Gasteiger partial charge in [-0.2, -0.15) is 0 Å². The number of pyridine rings is 2. The summed E-state index contributed by atoms with van der Waals surface area (Å²) in [5.41, 5.74) is 6.40. The number of fused-ring (bicyclic) bond motifs is 1. The first-order chi connectivity index (χ1) is 12.3. The van der Waals surface area contributed by atoms with Crippen molar-refractivity contribution in [3.8, 4) is 11.8 Å². The summed E-state index contributed by atoms with van der Waals surface area (Å²) < 4.78 is 14.0. The minimum absolute atomic E-state index is 0.00171. The van der Waals surface area contributed by atoms with Crippen molar-refractivity contribution in [2.75, 3.05) is 20.0 Å². The van der Waals surface area contributed by atoms with E-state index in [0.717, 1.165) is 0 Å². The Kier molecular flexibility index (Phi) is 5.68. The maximum atomic E-state index is 11.2. The first-order valence-corrected chi connectivity index (χ1v) is 7.16. The SMILES string of the molecule is COc1cc(C(=O)O)c(N)cn1.COc1cc2c(cn1)CC(=O)OC2=O. The fraction of sp³-hybridized carbons (Fsp3) is 0.188. The average Bonchev–Trinajstić information content (AvgIpc) is 2.62. The highest BCUT2D eigenvalue weighted by Gasteiger charge is 2.25. The summed E-state index contributed by atoms with van der Waals surface area (Å²) in [6.45, 7) is 0. The lowest BCUT2D eigenvalue weighted by Crippen LogP contribution is -2.23. The number of carboxylic acids is 1. The molecule has 2 aromatic heterocycles. The number of methoxy groups -OCH3 is 2. The molecule has 0 atom stereocenters. The van der Waals surface area contributed by atoms with Gasteiger partial charge in [-0.15, -0.1) is 0 Å². The Hall–Kier alpha value is -3.69. The van der Waals surface area contributed by atoms with Gasteiger partial charge < -0.3 is 25.1 Å². The van der Waals surface area contributed by atoms with Gasteiger partial charge in [0.05, 0.1) is 43.7 Å². The maximum Gasteiger partial charge on any atom is 0.346 e. The maximum absolute atomic E-state index is 11.2. The Balaban J connectivity index is 0.000000190. The van der Waals surface area contributed by atoms with Crippen molar-refractivity contribution >= 4 is 23.6 Å². The van der Waals surface area contributed by atoms with Gasteiger partial charge in [0, 0.05) is 18.3 Å². The molecule has 1 aliphatic heterocycles. The number of nitrogens with zero attached hydrogens (tertiary/aromatic N) is 2. The lowest BCUT2D eigenvalue weighted by atomic mass is 10.1. The van der Waals surface area contributed by atoms with Crippen LogP contribution in [0.4, 0.5) is 5.69 Å². The second kappa shape index (κ2) is 7.92. The van der Waals surface area contributed by atoms with E-state index >= 15 is 0 Å². The number of nitrogens with two attached hydrogens (primary N) is 1. The van der Waals surface area contributed by atoms with E-state index in [1.165, 1.54) is 38.7 Å². The van der Waals surface area contributed by atoms with Crippen LogP contribution in [0.1, 0.15) is 26.3 Å². The van der Waals surface area contributed by atoms with E-state index in [1.807, 2.05) is 0 Å². The molecule has 10 heteroatoms.